The van der Waals surface area contributed by atoms with Crippen LogP contribution in [0.4, 0.5) is 0 Å². The smallest absolute Gasteiger partial charge is 0.308 e. The third-order valence-corrected chi connectivity index (χ3v) is 3.01. The maximum Gasteiger partial charge on any atom is 0.308 e. The Morgan fingerprint density at radius 1 is 1.29 bits per heavy atom. The Morgan fingerprint density at radius 2 is 1.79 bits per heavy atom. The van der Waals surface area contributed by atoms with Crippen LogP contribution in [-0.2, 0) is 9.53 Å². The highest BCUT2D eigenvalue weighted by atomic mass is 16.5. The fourth-order valence-corrected chi connectivity index (χ4v) is 2.00. The highest BCUT2D eigenvalue weighted by molar-refractivity contribution is 5.84. The summed E-state index contributed by atoms with van der Waals surface area (Å²) in [5.74, 6) is 0.269. The van der Waals surface area contributed by atoms with Crippen LogP contribution in [0.2, 0.25) is 0 Å². The number of hydrogen-bond donors (Lipinski definition) is 1. The minimum absolute atomic E-state index is 0.0442. The molecule has 0 radical (unpaired) electrons. The molecule has 0 heterocycles. The lowest BCUT2D eigenvalue weighted by Crippen LogP contribution is -2.25. The molecule has 80 valence electrons. The molecule has 1 N–H and O–H groups in total. The summed E-state index contributed by atoms with van der Waals surface area (Å²) < 4.78 is 4.69. The Labute approximate surface area is 83.9 Å². The van der Waals surface area contributed by atoms with Gasteiger partial charge in [0.15, 0.2) is 0 Å². The van der Waals surface area contributed by atoms with Crippen molar-refractivity contribution in [1.29, 1.82) is 0 Å². The highest BCUT2D eigenvalue weighted by Crippen LogP contribution is 2.30. The Bertz CT molecular complexity index is 230. The molecule has 0 aromatic rings. The van der Waals surface area contributed by atoms with Crippen LogP contribution >= 0.6 is 0 Å². The molecule has 14 heavy (non-hydrogen) atoms. The van der Waals surface area contributed by atoms with E-state index in [1.54, 1.807) is 0 Å². The summed E-state index contributed by atoms with van der Waals surface area (Å²) in [6.45, 7) is 1.82. The van der Waals surface area contributed by atoms with Crippen molar-refractivity contribution in [2.45, 2.75) is 32.6 Å². The first kappa shape index (κ1) is 11.0. The summed E-state index contributed by atoms with van der Waals surface area (Å²) >= 11 is 0. The van der Waals surface area contributed by atoms with Crippen molar-refractivity contribution in [1.82, 2.24) is 0 Å². The molecule has 0 amide bonds. The number of oxime groups is 1. The number of esters is 1. The van der Waals surface area contributed by atoms with Crippen molar-refractivity contribution in [2.24, 2.45) is 17.0 Å². The summed E-state index contributed by atoms with van der Waals surface area (Å²) in [6, 6.07) is 0. The number of carbonyl (C=O) groups excluding carboxylic acids is 1. The first-order valence-electron chi connectivity index (χ1n) is 4.95. The monoisotopic (exact) mass is 199 g/mol. The quantitative estimate of drug-likeness (QED) is 0.319. The summed E-state index contributed by atoms with van der Waals surface area (Å²) in [5.41, 5.74) is 0.772. The zero-order valence-electron chi connectivity index (χ0n) is 8.69. The number of methoxy groups -OCH3 is 1. The van der Waals surface area contributed by atoms with Crippen molar-refractivity contribution < 1.29 is 14.7 Å². The summed E-state index contributed by atoms with van der Waals surface area (Å²) in [7, 11) is 1.43. The van der Waals surface area contributed by atoms with Crippen LogP contribution in [0.1, 0.15) is 32.6 Å². The lowest BCUT2D eigenvalue weighted by atomic mass is 9.80. The van der Waals surface area contributed by atoms with Crippen LogP contribution in [0.25, 0.3) is 0 Å². The van der Waals surface area contributed by atoms with Crippen molar-refractivity contribution in [3.8, 4) is 0 Å². The van der Waals surface area contributed by atoms with Gasteiger partial charge in [0, 0.05) is 5.92 Å². The molecule has 0 saturated heterocycles. The predicted molar refractivity (Wildman–Crippen MR) is 52.4 cm³/mol. The summed E-state index contributed by atoms with van der Waals surface area (Å²) in [4.78, 5) is 11.2. The molecule has 4 heteroatoms. The molecular formula is C10H17NO3. The third-order valence-electron chi connectivity index (χ3n) is 3.01. The average molecular weight is 199 g/mol. The lowest BCUT2D eigenvalue weighted by molar-refractivity contribution is -0.146. The number of nitrogens with zero attached hydrogens (tertiary/aromatic N) is 1. The minimum atomic E-state index is -0.109. The molecule has 0 spiro atoms. The van der Waals surface area contributed by atoms with Gasteiger partial charge in [-0.3, -0.25) is 4.79 Å². The zero-order valence-corrected chi connectivity index (χ0v) is 8.69. The molecule has 1 rings (SSSR count). The van der Waals surface area contributed by atoms with Gasteiger partial charge in [-0.25, -0.2) is 0 Å². The SMILES string of the molecule is COC(=O)[C@H]1CC[C@H](C(C)=NO)CC1. The van der Waals surface area contributed by atoms with Crippen molar-refractivity contribution in [3.63, 3.8) is 0 Å². The molecule has 1 saturated carbocycles. The van der Waals surface area contributed by atoms with E-state index in [9.17, 15) is 4.79 Å². The molecule has 0 atom stereocenters. The number of carbonyl (C=O) groups is 1. The standard InChI is InChI=1S/C10H17NO3/c1-7(11-13)8-3-5-9(6-4-8)10(12)14-2/h8-9,13H,3-6H2,1-2H3/t8-,9-. The molecule has 0 bridgehead atoms. The molecule has 1 aliphatic rings. The Balaban J connectivity index is 2.42. The maximum absolute atomic E-state index is 11.2. The Kier molecular flexibility index (Phi) is 3.92. The number of ether oxygens (including phenoxy) is 1. The number of rotatable bonds is 2. The van der Waals surface area contributed by atoms with Gasteiger partial charge >= 0.3 is 5.97 Å². The van der Waals surface area contributed by atoms with E-state index in [1.165, 1.54) is 7.11 Å². The van der Waals surface area contributed by atoms with Crippen LogP contribution in [-0.4, -0.2) is 24.0 Å². The molecule has 0 aromatic heterocycles. The third kappa shape index (κ3) is 2.47. The van der Waals surface area contributed by atoms with Gasteiger partial charge in [0.05, 0.1) is 18.7 Å². The van der Waals surface area contributed by atoms with E-state index < -0.39 is 0 Å². The maximum atomic E-state index is 11.2. The minimum Gasteiger partial charge on any atom is -0.469 e. The second-order valence-electron chi connectivity index (χ2n) is 3.81. The summed E-state index contributed by atoms with van der Waals surface area (Å²) in [5, 5.41) is 11.8. The zero-order chi connectivity index (χ0) is 10.6. The highest BCUT2D eigenvalue weighted by Gasteiger charge is 2.28. The Hall–Kier alpha value is -1.06. The van der Waals surface area contributed by atoms with Crippen molar-refractivity contribution >= 4 is 11.7 Å². The molecule has 0 aromatic carbocycles. The van der Waals surface area contributed by atoms with E-state index >= 15 is 0 Å². The number of hydrogen-bond acceptors (Lipinski definition) is 4. The molecular weight excluding hydrogens is 182 g/mol. The van der Waals surface area contributed by atoms with Crippen LogP contribution in [0.15, 0.2) is 5.16 Å². The largest absolute Gasteiger partial charge is 0.469 e. The van der Waals surface area contributed by atoms with E-state index in [1.807, 2.05) is 6.92 Å². The van der Waals surface area contributed by atoms with Gasteiger partial charge in [-0.1, -0.05) is 5.16 Å². The molecule has 0 aliphatic heterocycles. The van der Waals surface area contributed by atoms with E-state index in [-0.39, 0.29) is 11.9 Å². The van der Waals surface area contributed by atoms with E-state index in [4.69, 9.17) is 9.94 Å². The van der Waals surface area contributed by atoms with Gasteiger partial charge < -0.3 is 9.94 Å². The molecule has 0 unspecified atom stereocenters. The second kappa shape index (κ2) is 4.98. The normalized spacial score (nSPS) is 28.6. The van der Waals surface area contributed by atoms with Crippen LogP contribution in [0, 0.1) is 11.8 Å². The van der Waals surface area contributed by atoms with Crippen LogP contribution < -0.4 is 0 Å². The van der Waals surface area contributed by atoms with Gasteiger partial charge in [-0.15, -0.1) is 0 Å². The van der Waals surface area contributed by atoms with E-state index in [0.717, 1.165) is 31.4 Å². The fourth-order valence-electron chi connectivity index (χ4n) is 2.00. The predicted octanol–water partition coefficient (Wildman–Crippen LogP) is 1.82. The second-order valence-corrected chi connectivity index (χ2v) is 3.81. The topological polar surface area (TPSA) is 58.9 Å². The van der Waals surface area contributed by atoms with Gasteiger partial charge in [-0.2, -0.15) is 0 Å². The van der Waals surface area contributed by atoms with E-state index in [2.05, 4.69) is 5.16 Å². The Morgan fingerprint density at radius 3 is 2.21 bits per heavy atom. The van der Waals surface area contributed by atoms with Gasteiger partial charge in [-0.05, 0) is 32.6 Å². The van der Waals surface area contributed by atoms with Crippen molar-refractivity contribution in [3.05, 3.63) is 0 Å². The van der Waals surface area contributed by atoms with Crippen LogP contribution in [0.5, 0.6) is 0 Å². The molecule has 1 aliphatic carbocycles. The average Bonchev–Trinajstić information content (AvgIpc) is 2.27. The first-order chi connectivity index (χ1) is 6.69. The fraction of sp³-hybridized carbons (Fsp3) is 0.800. The first-order valence-corrected chi connectivity index (χ1v) is 4.95. The van der Waals surface area contributed by atoms with Gasteiger partial charge in [0.25, 0.3) is 0 Å². The van der Waals surface area contributed by atoms with E-state index in [0.29, 0.717) is 5.92 Å². The lowest BCUT2D eigenvalue weighted by Gasteiger charge is -2.26. The van der Waals surface area contributed by atoms with Gasteiger partial charge in [0.1, 0.15) is 0 Å². The van der Waals surface area contributed by atoms with Gasteiger partial charge in [0.2, 0.25) is 0 Å². The summed E-state index contributed by atoms with van der Waals surface area (Å²) in [6.07, 6.45) is 3.50. The molecule has 4 nitrogen and oxygen atoms in total. The van der Waals surface area contributed by atoms with Crippen LogP contribution in [0.3, 0.4) is 0 Å². The van der Waals surface area contributed by atoms with Crippen molar-refractivity contribution in [2.75, 3.05) is 7.11 Å². The molecule has 1 fully saturated rings.